The number of methoxy groups -OCH3 is 1. The van der Waals surface area contributed by atoms with Crippen molar-refractivity contribution in [3.05, 3.63) is 89.7 Å². The predicted octanol–water partition coefficient (Wildman–Crippen LogP) is 5.39. The Morgan fingerprint density at radius 1 is 1.03 bits per heavy atom. The molecule has 1 aliphatic carbocycles. The number of halogens is 1. The van der Waals surface area contributed by atoms with Gasteiger partial charge in [-0.05, 0) is 65.8 Å². The zero-order valence-corrected chi connectivity index (χ0v) is 21.4. The molecule has 0 radical (unpaired) electrons. The van der Waals surface area contributed by atoms with Crippen molar-refractivity contribution in [2.24, 2.45) is 11.8 Å². The molecular formula is C28H30FNO5S. The van der Waals surface area contributed by atoms with Crippen molar-refractivity contribution >= 4 is 16.0 Å². The van der Waals surface area contributed by atoms with Crippen molar-refractivity contribution in [3.63, 3.8) is 0 Å². The summed E-state index contributed by atoms with van der Waals surface area (Å²) in [5, 5.41) is 0. The Morgan fingerprint density at radius 3 is 2.36 bits per heavy atom. The SMILES string of the molecule is COc1ccc(CN(CC(C)C)C(=O)C2C[C@H]2c2ccccc2)cc1OS(=O)(=O)c1ccc(F)cc1. The molecule has 1 amide bonds. The van der Waals surface area contributed by atoms with Crippen LogP contribution in [-0.4, -0.2) is 32.9 Å². The minimum absolute atomic E-state index is 0.00450. The van der Waals surface area contributed by atoms with E-state index in [4.69, 9.17) is 8.92 Å². The number of hydrogen-bond acceptors (Lipinski definition) is 5. The number of ether oxygens (including phenoxy) is 1. The number of carbonyl (C=O) groups is 1. The Labute approximate surface area is 211 Å². The molecule has 1 unspecified atom stereocenters. The summed E-state index contributed by atoms with van der Waals surface area (Å²) in [6.07, 6.45) is 0.824. The fourth-order valence-corrected chi connectivity index (χ4v) is 5.25. The van der Waals surface area contributed by atoms with Gasteiger partial charge in [0.05, 0.1) is 7.11 Å². The maximum Gasteiger partial charge on any atom is 0.339 e. The molecule has 0 N–H and O–H groups in total. The van der Waals surface area contributed by atoms with Crippen molar-refractivity contribution < 1.29 is 26.5 Å². The van der Waals surface area contributed by atoms with Crippen LogP contribution in [0, 0.1) is 17.7 Å². The lowest BCUT2D eigenvalue weighted by atomic mass is 10.1. The third-order valence-corrected chi connectivity index (χ3v) is 7.38. The first-order valence-electron chi connectivity index (χ1n) is 11.9. The minimum atomic E-state index is -4.21. The molecule has 4 rings (SSSR count). The van der Waals surface area contributed by atoms with E-state index in [2.05, 4.69) is 26.0 Å². The molecule has 2 atom stereocenters. The molecule has 3 aromatic carbocycles. The van der Waals surface area contributed by atoms with Gasteiger partial charge in [-0.25, -0.2) is 4.39 Å². The zero-order valence-electron chi connectivity index (χ0n) is 20.6. The number of hydrogen-bond donors (Lipinski definition) is 0. The molecule has 0 heterocycles. The summed E-state index contributed by atoms with van der Waals surface area (Å²) >= 11 is 0. The molecule has 0 aliphatic heterocycles. The lowest BCUT2D eigenvalue weighted by molar-refractivity contribution is -0.133. The van der Waals surface area contributed by atoms with Crippen molar-refractivity contribution in [2.75, 3.05) is 13.7 Å². The third-order valence-electron chi connectivity index (χ3n) is 6.14. The Hall–Kier alpha value is -3.39. The number of benzene rings is 3. The average molecular weight is 512 g/mol. The first-order valence-corrected chi connectivity index (χ1v) is 13.3. The van der Waals surface area contributed by atoms with Gasteiger partial charge in [0, 0.05) is 19.0 Å². The summed E-state index contributed by atoms with van der Waals surface area (Å²) in [6.45, 7) is 5.00. The van der Waals surface area contributed by atoms with Crippen LogP contribution in [0.4, 0.5) is 4.39 Å². The fraction of sp³-hybridized carbons (Fsp3) is 0.321. The molecule has 36 heavy (non-hydrogen) atoms. The molecule has 0 spiro atoms. The highest BCUT2D eigenvalue weighted by molar-refractivity contribution is 7.87. The molecule has 0 bridgehead atoms. The smallest absolute Gasteiger partial charge is 0.339 e. The van der Waals surface area contributed by atoms with Gasteiger partial charge in [-0.2, -0.15) is 8.42 Å². The Balaban J connectivity index is 1.54. The van der Waals surface area contributed by atoms with Crippen molar-refractivity contribution in [1.29, 1.82) is 0 Å². The molecule has 3 aromatic rings. The van der Waals surface area contributed by atoms with Crippen LogP contribution in [0.5, 0.6) is 11.5 Å². The molecule has 6 nitrogen and oxygen atoms in total. The predicted molar refractivity (Wildman–Crippen MR) is 135 cm³/mol. The van der Waals surface area contributed by atoms with Gasteiger partial charge in [-0.3, -0.25) is 4.79 Å². The second-order valence-corrected chi connectivity index (χ2v) is 11.0. The van der Waals surface area contributed by atoms with E-state index in [9.17, 15) is 17.6 Å². The normalized spacial score (nSPS) is 17.0. The van der Waals surface area contributed by atoms with Crippen LogP contribution in [0.2, 0.25) is 0 Å². The number of rotatable bonds is 10. The van der Waals surface area contributed by atoms with Gasteiger partial charge in [0.2, 0.25) is 5.91 Å². The summed E-state index contributed by atoms with van der Waals surface area (Å²) in [6, 6.07) is 19.4. The molecular weight excluding hydrogens is 481 g/mol. The summed E-state index contributed by atoms with van der Waals surface area (Å²) in [4.78, 5) is 15.1. The van der Waals surface area contributed by atoms with Crippen molar-refractivity contribution in [2.45, 2.75) is 37.6 Å². The molecule has 0 saturated heterocycles. The first kappa shape index (κ1) is 25.7. The highest BCUT2D eigenvalue weighted by Crippen LogP contribution is 2.48. The maximum atomic E-state index is 13.4. The van der Waals surface area contributed by atoms with Gasteiger partial charge in [-0.15, -0.1) is 0 Å². The maximum absolute atomic E-state index is 13.4. The van der Waals surface area contributed by atoms with E-state index in [0.29, 0.717) is 18.7 Å². The van der Waals surface area contributed by atoms with E-state index < -0.39 is 15.9 Å². The Bertz CT molecular complexity index is 1310. The lowest BCUT2D eigenvalue weighted by Gasteiger charge is -2.25. The van der Waals surface area contributed by atoms with Gasteiger partial charge in [0.1, 0.15) is 10.7 Å². The van der Waals surface area contributed by atoms with Crippen LogP contribution in [0.3, 0.4) is 0 Å². The van der Waals surface area contributed by atoms with E-state index >= 15 is 0 Å². The van der Waals surface area contributed by atoms with E-state index in [1.807, 2.05) is 23.1 Å². The lowest BCUT2D eigenvalue weighted by Crippen LogP contribution is -2.35. The van der Waals surface area contributed by atoms with Crippen LogP contribution in [-0.2, 0) is 21.5 Å². The quantitative estimate of drug-likeness (QED) is 0.341. The number of amides is 1. The van der Waals surface area contributed by atoms with Crippen molar-refractivity contribution in [1.82, 2.24) is 4.90 Å². The molecule has 1 saturated carbocycles. The van der Waals surface area contributed by atoms with E-state index in [0.717, 1.165) is 30.7 Å². The fourth-order valence-electron chi connectivity index (χ4n) is 4.32. The van der Waals surface area contributed by atoms with Gasteiger partial charge in [0.15, 0.2) is 11.5 Å². The Morgan fingerprint density at radius 2 is 1.72 bits per heavy atom. The number of carbonyl (C=O) groups excluding carboxylic acids is 1. The largest absolute Gasteiger partial charge is 0.493 e. The molecule has 8 heteroatoms. The molecule has 190 valence electrons. The number of nitrogens with zero attached hydrogens (tertiary/aromatic N) is 1. The van der Waals surface area contributed by atoms with E-state index in [1.165, 1.54) is 12.7 Å². The highest BCUT2D eigenvalue weighted by Gasteiger charge is 2.45. The second-order valence-electron chi connectivity index (χ2n) is 9.45. The first-order chi connectivity index (χ1) is 17.2. The van der Waals surface area contributed by atoms with E-state index in [1.54, 1.807) is 18.2 Å². The summed E-state index contributed by atoms with van der Waals surface area (Å²) in [5.41, 5.74) is 1.89. The highest BCUT2D eigenvalue weighted by atomic mass is 32.2. The van der Waals surface area contributed by atoms with Crippen LogP contribution < -0.4 is 8.92 Å². The van der Waals surface area contributed by atoms with Crippen molar-refractivity contribution in [3.8, 4) is 11.5 Å². The molecule has 0 aromatic heterocycles. The minimum Gasteiger partial charge on any atom is -0.493 e. The zero-order chi connectivity index (χ0) is 25.9. The van der Waals surface area contributed by atoms with Gasteiger partial charge in [0.25, 0.3) is 0 Å². The molecule has 1 fully saturated rings. The van der Waals surface area contributed by atoms with Crippen LogP contribution in [0.1, 0.15) is 37.3 Å². The van der Waals surface area contributed by atoms with Gasteiger partial charge < -0.3 is 13.8 Å². The summed E-state index contributed by atoms with van der Waals surface area (Å²) in [7, 11) is -2.80. The van der Waals surface area contributed by atoms with Crippen LogP contribution in [0.15, 0.2) is 77.7 Å². The van der Waals surface area contributed by atoms with Crippen LogP contribution in [0.25, 0.3) is 0 Å². The average Bonchev–Trinajstić information content (AvgIpc) is 3.65. The topological polar surface area (TPSA) is 72.9 Å². The second kappa shape index (κ2) is 10.7. The van der Waals surface area contributed by atoms with Gasteiger partial charge >= 0.3 is 10.1 Å². The van der Waals surface area contributed by atoms with Gasteiger partial charge in [-0.1, -0.05) is 50.2 Å². The van der Waals surface area contributed by atoms with Crippen LogP contribution >= 0.6 is 0 Å². The Kier molecular flexibility index (Phi) is 7.64. The summed E-state index contributed by atoms with van der Waals surface area (Å²) < 4.78 is 49.5. The molecule has 1 aliphatic rings. The third kappa shape index (κ3) is 6.05. The standard InChI is InChI=1S/C28H30FNO5S/c1-19(2)17-30(28(31)25-16-24(25)21-7-5-4-6-8-21)18-20-9-14-26(34-3)27(15-20)35-36(32,33)23-12-10-22(29)11-13-23/h4-15,19,24-25H,16-18H2,1-3H3/t24-,25?/m0/s1. The monoisotopic (exact) mass is 511 g/mol. The summed E-state index contributed by atoms with van der Waals surface area (Å²) in [5.74, 6) is 0.212. The van der Waals surface area contributed by atoms with E-state index in [-0.39, 0.29) is 40.1 Å².